The molecule has 3 rings (SSSR count). The van der Waals surface area contributed by atoms with E-state index in [9.17, 15) is 9.59 Å². The van der Waals surface area contributed by atoms with Crippen LogP contribution < -0.4 is 10.6 Å². The van der Waals surface area contributed by atoms with Crippen LogP contribution in [0.3, 0.4) is 0 Å². The van der Waals surface area contributed by atoms with Gasteiger partial charge in [0.1, 0.15) is 0 Å². The van der Waals surface area contributed by atoms with Crippen LogP contribution >= 0.6 is 0 Å². The molecule has 2 N–H and O–H groups in total. The maximum absolute atomic E-state index is 12.5. The van der Waals surface area contributed by atoms with E-state index in [0.29, 0.717) is 31.8 Å². The van der Waals surface area contributed by atoms with Gasteiger partial charge in [-0.3, -0.25) is 9.69 Å². The van der Waals surface area contributed by atoms with Gasteiger partial charge in [0.05, 0.1) is 0 Å². The van der Waals surface area contributed by atoms with Gasteiger partial charge >= 0.3 is 6.03 Å². The number of hydrogen-bond acceptors (Lipinski definition) is 2. The Morgan fingerprint density at radius 1 is 1.04 bits per heavy atom. The molecular formula is C22H31N3O2. The molecule has 0 aromatic heterocycles. The minimum atomic E-state index is -0.00247. The van der Waals surface area contributed by atoms with E-state index in [1.165, 1.54) is 30.5 Å². The highest BCUT2D eigenvalue weighted by atomic mass is 16.2. The maximum Gasteiger partial charge on any atom is 0.321 e. The first-order valence-electron chi connectivity index (χ1n) is 10.3. The van der Waals surface area contributed by atoms with Gasteiger partial charge in [0, 0.05) is 31.8 Å². The lowest BCUT2D eigenvalue weighted by Crippen LogP contribution is -2.45. The van der Waals surface area contributed by atoms with Crippen LogP contribution in [0.2, 0.25) is 0 Å². The number of allylic oxidation sites excluding steroid dienone is 2. The number of rotatable bonds is 7. The molecule has 27 heavy (non-hydrogen) atoms. The van der Waals surface area contributed by atoms with E-state index in [4.69, 9.17) is 0 Å². The number of carbonyl (C=O) groups is 2. The number of hydrogen-bond donors (Lipinski definition) is 2. The van der Waals surface area contributed by atoms with Gasteiger partial charge in [-0.15, -0.1) is 0 Å². The number of amides is 3. The van der Waals surface area contributed by atoms with Crippen molar-refractivity contribution < 1.29 is 9.59 Å². The third-order valence-electron chi connectivity index (χ3n) is 5.46. The highest BCUT2D eigenvalue weighted by Crippen LogP contribution is 2.34. The zero-order chi connectivity index (χ0) is 18.9. The minimum Gasteiger partial charge on any atom is -0.356 e. The average Bonchev–Trinajstić information content (AvgIpc) is 2.71. The number of urea groups is 1. The zero-order valence-electron chi connectivity index (χ0n) is 16.1. The summed E-state index contributed by atoms with van der Waals surface area (Å²) in [6.45, 7) is 2.01. The van der Waals surface area contributed by atoms with E-state index in [1.807, 2.05) is 23.1 Å². The van der Waals surface area contributed by atoms with Crippen molar-refractivity contribution in [2.75, 3.05) is 19.6 Å². The number of piperidine rings is 1. The first-order valence-corrected chi connectivity index (χ1v) is 10.3. The second-order valence-corrected chi connectivity index (χ2v) is 7.47. The molecule has 1 aliphatic heterocycles. The van der Waals surface area contributed by atoms with Crippen molar-refractivity contribution in [3.05, 3.63) is 47.7 Å². The number of carbonyl (C=O) groups excluding carboxylic acids is 2. The molecule has 0 saturated carbocycles. The summed E-state index contributed by atoms with van der Waals surface area (Å²) in [5, 5.41) is 5.94. The number of likely N-dealkylation sites (tertiary alicyclic amines) is 1. The molecule has 1 atom stereocenters. The van der Waals surface area contributed by atoms with Crippen molar-refractivity contribution in [2.45, 2.75) is 51.4 Å². The Balaban J connectivity index is 1.30. The van der Waals surface area contributed by atoms with Gasteiger partial charge in [0.2, 0.25) is 5.91 Å². The molecule has 5 nitrogen and oxygen atoms in total. The first kappa shape index (κ1) is 19.5. The fourth-order valence-electron chi connectivity index (χ4n) is 4.01. The lowest BCUT2D eigenvalue weighted by Gasteiger charge is -2.37. The number of nitrogens with zero attached hydrogens (tertiary/aromatic N) is 1. The SMILES string of the molecule is O=C(CCCNC(=O)N1CCCC2CCCC=C21)NCCc1ccccc1. The van der Waals surface area contributed by atoms with Crippen LogP contribution in [0.25, 0.3) is 0 Å². The third kappa shape index (κ3) is 5.84. The molecule has 1 fully saturated rings. The molecule has 2 aliphatic rings. The van der Waals surface area contributed by atoms with Crippen molar-refractivity contribution >= 4 is 11.9 Å². The van der Waals surface area contributed by atoms with Crippen LogP contribution in [0.15, 0.2) is 42.1 Å². The van der Waals surface area contributed by atoms with E-state index in [0.717, 1.165) is 25.8 Å². The van der Waals surface area contributed by atoms with Gasteiger partial charge in [0.15, 0.2) is 0 Å². The van der Waals surface area contributed by atoms with E-state index in [1.54, 1.807) is 0 Å². The molecule has 0 bridgehead atoms. The summed E-state index contributed by atoms with van der Waals surface area (Å²) >= 11 is 0. The Morgan fingerprint density at radius 3 is 2.70 bits per heavy atom. The Labute approximate surface area is 162 Å². The van der Waals surface area contributed by atoms with E-state index in [-0.39, 0.29) is 11.9 Å². The summed E-state index contributed by atoms with van der Waals surface area (Å²) in [6.07, 6.45) is 10.0. The lowest BCUT2D eigenvalue weighted by atomic mass is 9.85. The molecule has 1 aliphatic carbocycles. The molecular weight excluding hydrogens is 338 g/mol. The van der Waals surface area contributed by atoms with Crippen molar-refractivity contribution in [1.82, 2.24) is 15.5 Å². The summed E-state index contributed by atoms with van der Waals surface area (Å²) in [6, 6.07) is 10.1. The predicted molar refractivity (Wildman–Crippen MR) is 107 cm³/mol. The van der Waals surface area contributed by atoms with E-state index >= 15 is 0 Å². The van der Waals surface area contributed by atoms with Crippen LogP contribution in [-0.2, 0) is 11.2 Å². The number of benzene rings is 1. The van der Waals surface area contributed by atoms with Crippen LogP contribution in [0.5, 0.6) is 0 Å². The van der Waals surface area contributed by atoms with Crippen LogP contribution in [0, 0.1) is 5.92 Å². The molecule has 0 spiro atoms. The monoisotopic (exact) mass is 369 g/mol. The smallest absolute Gasteiger partial charge is 0.321 e. The quantitative estimate of drug-likeness (QED) is 0.721. The molecule has 146 valence electrons. The number of fused-ring (bicyclic) bond motifs is 1. The topological polar surface area (TPSA) is 61.4 Å². The molecule has 0 radical (unpaired) electrons. The van der Waals surface area contributed by atoms with Gasteiger partial charge < -0.3 is 10.6 Å². The summed E-state index contributed by atoms with van der Waals surface area (Å²) in [4.78, 5) is 26.3. The third-order valence-corrected chi connectivity index (χ3v) is 5.46. The van der Waals surface area contributed by atoms with Crippen LogP contribution in [-0.4, -0.2) is 36.5 Å². The summed E-state index contributed by atoms with van der Waals surface area (Å²) in [7, 11) is 0. The molecule has 1 unspecified atom stereocenters. The van der Waals surface area contributed by atoms with Crippen LogP contribution in [0.4, 0.5) is 4.79 Å². The Morgan fingerprint density at radius 2 is 1.85 bits per heavy atom. The summed E-state index contributed by atoms with van der Waals surface area (Å²) in [5.74, 6) is 0.613. The standard InChI is InChI=1S/C22H31N3O2/c26-21(23-16-14-18-8-2-1-3-9-18)13-6-15-24-22(27)25-17-7-11-19-10-4-5-12-20(19)25/h1-3,8-9,12,19H,4-7,10-11,13-17H2,(H,23,26)(H,24,27). The van der Waals surface area contributed by atoms with Crippen molar-refractivity contribution in [3.63, 3.8) is 0 Å². The van der Waals surface area contributed by atoms with Gasteiger partial charge in [-0.05, 0) is 56.4 Å². The van der Waals surface area contributed by atoms with Crippen LogP contribution in [0.1, 0.15) is 50.5 Å². The Hall–Kier alpha value is -2.30. The summed E-state index contributed by atoms with van der Waals surface area (Å²) < 4.78 is 0. The summed E-state index contributed by atoms with van der Waals surface area (Å²) in [5.41, 5.74) is 2.45. The van der Waals surface area contributed by atoms with Crippen molar-refractivity contribution in [2.24, 2.45) is 5.92 Å². The normalized spacial score (nSPS) is 19.0. The van der Waals surface area contributed by atoms with E-state index in [2.05, 4.69) is 28.8 Å². The predicted octanol–water partition coefficient (Wildman–Crippen LogP) is 3.61. The van der Waals surface area contributed by atoms with Gasteiger partial charge in [-0.1, -0.05) is 36.4 Å². The highest BCUT2D eigenvalue weighted by Gasteiger charge is 2.29. The fraction of sp³-hybridized carbons (Fsp3) is 0.545. The molecule has 5 heteroatoms. The van der Waals surface area contributed by atoms with Gasteiger partial charge in [-0.25, -0.2) is 4.79 Å². The Kier molecular flexibility index (Phi) is 7.31. The lowest BCUT2D eigenvalue weighted by molar-refractivity contribution is -0.121. The molecule has 1 aromatic rings. The molecule has 3 amide bonds. The van der Waals surface area contributed by atoms with E-state index < -0.39 is 0 Å². The van der Waals surface area contributed by atoms with Crippen molar-refractivity contribution in [3.8, 4) is 0 Å². The van der Waals surface area contributed by atoms with Gasteiger partial charge in [0.25, 0.3) is 0 Å². The molecule has 1 heterocycles. The highest BCUT2D eigenvalue weighted by molar-refractivity contribution is 5.77. The second-order valence-electron chi connectivity index (χ2n) is 7.47. The zero-order valence-corrected chi connectivity index (χ0v) is 16.1. The molecule has 1 saturated heterocycles. The molecule has 1 aromatic carbocycles. The fourth-order valence-corrected chi connectivity index (χ4v) is 4.01. The average molecular weight is 370 g/mol. The maximum atomic E-state index is 12.5. The Bertz CT molecular complexity index is 657. The first-order chi connectivity index (χ1) is 13.2. The van der Waals surface area contributed by atoms with Gasteiger partial charge in [-0.2, -0.15) is 0 Å². The largest absolute Gasteiger partial charge is 0.356 e. The second kappa shape index (κ2) is 10.1. The van der Waals surface area contributed by atoms with Crippen molar-refractivity contribution in [1.29, 1.82) is 0 Å². The minimum absolute atomic E-state index is 0.00247. The number of nitrogens with one attached hydrogen (secondary N) is 2.